The van der Waals surface area contributed by atoms with Crippen molar-refractivity contribution >= 4 is 11.3 Å². The van der Waals surface area contributed by atoms with E-state index >= 15 is 0 Å². The van der Waals surface area contributed by atoms with E-state index in [1.807, 2.05) is 16.8 Å². The zero-order chi connectivity index (χ0) is 11.4. The van der Waals surface area contributed by atoms with Crippen LogP contribution >= 0.6 is 11.3 Å². The molecule has 2 atom stereocenters. The Balaban J connectivity index is 1.86. The maximum Gasteiger partial charge on any atom is 0.113 e. The number of rotatable bonds is 4. The molecule has 1 aliphatic rings. The van der Waals surface area contributed by atoms with Gasteiger partial charge in [0.2, 0.25) is 0 Å². The molecule has 1 aromatic heterocycles. The fourth-order valence-corrected chi connectivity index (χ4v) is 2.82. The Labute approximate surface area is 99.8 Å². The van der Waals surface area contributed by atoms with Gasteiger partial charge in [0, 0.05) is 19.0 Å². The average Bonchev–Trinajstić information content (AvgIpc) is 2.70. The lowest BCUT2D eigenvalue weighted by Crippen LogP contribution is -2.45. The first-order chi connectivity index (χ1) is 7.66. The Morgan fingerprint density at radius 3 is 3.19 bits per heavy atom. The molecule has 0 amide bonds. The number of morpholine rings is 1. The van der Waals surface area contributed by atoms with Crippen LogP contribution in [0.1, 0.15) is 18.9 Å². The van der Waals surface area contributed by atoms with Crippen molar-refractivity contribution in [3.05, 3.63) is 22.4 Å². The number of hydrogen-bond acceptors (Lipinski definition) is 3. The Morgan fingerprint density at radius 2 is 2.56 bits per heavy atom. The molecule has 0 spiro atoms. The van der Waals surface area contributed by atoms with Crippen LogP contribution in [-0.2, 0) is 11.2 Å². The highest BCUT2D eigenvalue weighted by Crippen LogP contribution is 2.25. The van der Waals surface area contributed by atoms with Crippen LogP contribution in [0.4, 0.5) is 4.39 Å². The average molecular weight is 243 g/mol. The highest BCUT2D eigenvalue weighted by Gasteiger charge is 2.29. The smallest absolute Gasteiger partial charge is 0.113 e. The minimum absolute atomic E-state index is 0.155. The van der Waals surface area contributed by atoms with E-state index in [-0.39, 0.29) is 6.04 Å². The number of alkyl halides is 1. The normalized spacial score (nSPS) is 25.2. The summed E-state index contributed by atoms with van der Waals surface area (Å²) in [7, 11) is 0. The van der Waals surface area contributed by atoms with Gasteiger partial charge in [0.1, 0.15) is 5.67 Å². The second-order valence-electron chi connectivity index (χ2n) is 4.65. The third kappa shape index (κ3) is 3.54. The van der Waals surface area contributed by atoms with E-state index in [0.29, 0.717) is 19.4 Å². The van der Waals surface area contributed by atoms with Crippen molar-refractivity contribution in [3.8, 4) is 0 Å². The van der Waals surface area contributed by atoms with Crippen LogP contribution in [0.2, 0.25) is 0 Å². The molecule has 1 fully saturated rings. The molecule has 4 heteroatoms. The molecule has 90 valence electrons. The van der Waals surface area contributed by atoms with E-state index in [2.05, 4.69) is 5.32 Å². The van der Waals surface area contributed by atoms with Crippen molar-refractivity contribution in [2.75, 3.05) is 19.8 Å². The van der Waals surface area contributed by atoms with Crippen molar-refractivity contribution in [2.24, 2.45) is 0 Å². The van der Waals surface area contributed by atoms with Gasteiger partial charge in [-0.15, -0.1) is 0 Å². The predicted molar refractivity (Wildman–Crippen MR) is 64.8 cm³/mol. The van der Waals surface area contributed by atoms with Gasteiger partial charge in [-0.2, -0.15) is 11.3 Å². The minimum Gasteiger partial charge on any atom is -0.379 e. The van der Waals surface area contributed by atoms with Gasteiger partial charge >= 0.3 is 0 Å². The van der Waals surface area contributed by atoms with Crippen molar-refractivity contribution < 1.29 is 9.13 Å². The molecule has 1 saturated heterocycles. The third-order valence-corrected chi connectivity index (χ3v) is 3.56. The van der Waals surface area contributed by atoms with Crippen LogP contribution in [0.3, 0.4) is 0 Å². The molecule has 1 aliphatic heterocycles. The number of thiophene rings is 1. The van der Waals surface area contributed by atoms with Gasteiger partial charge < -0.3 is 10.1 Å². The van der Waals surface area contributed by atoms with Crippen LogP contribution < -0.4 is 5.32 Å². The van der Waals surface area contributed by atoms with Crippen LogP contribution in [0, 0.1) is 0 Å². The summed E-state index contributed by atoms with van der Waals surface area (Å²) < 4.78 is 19.7. The van der Waals surface area contributed by atoms with Crippen molar-refractivity contribution in [1.29, 1.82) is 0 Å². The van der Waals surface area contributed by atoms with E-state index < -0.39 is 5.67 Å². The maximum absolute atomic E-state index is 14.3. The van der Waals surface area contributed by atoms with E-state index in [0.717, 1.165) is 18.7 Å². The van der Waals surface area contributed by atoms with Crippen molar-refractivity contribution in [3.63, 3.8) is 0 Å². The molecule has 2 unspecified atom stereocenters. The summed E-state index contributed by atoms with van der Waals surface area (Å²) in [6, 6.07) is 2.15. The van der Waals surface area contributed by atoms with E-state index in [9.17, 15) is 4.39 Å². The lowest BCUT2D eigenvalue weighted by Gasteiger charge is -2.29. The minimum atomic E-state index is -1.15. The van der Waals surface area contributed by atoms with Crippen molar-refractivity contribution in [1.82, 2.24) is 5.32 Å². The summed E-state index contributed by atoms with van der Waals surface area (Å²) in [4.78, 5) is 0. The number of halogens is 1. The molecule has 1 N–H and O–H groups in total. The molecule has 0 saturated carbocycles. The lowest BCUT2D eigenvalue weighted by atomic mass is 9.92. The number of ether oxygens (including phenoxy) is 1. The van der Waals surface area contributed by atoms with Crippen LogP contribution in [0.15, 0.2) is 16.8 Å². The lowest BCUT2D eigenvalue weighted by molar-refractivity contribution is 0.0483. The molecule has 1 aromatic rings. The second kappa shape index (κ2) is 5.25. The Hall–Kier alpha value is -0.450. The van der Waals surface area contributed by atoms with Crippen molar-refractivity contribution in [2.45, 2.75) is 31.5 Å². The van der Waals surface area contributed by atoms with Gasteiger partial charge in [0.25, 0.3) is 0 Å². The molecule has 0 radical (unpaired) electrons. The largest absolute Gasteiger partial charge is 0.379 e. The molecular formula is C12H18FNOS. The first-order valence-corrected chi connectivity index (χ1v) is 6.61. The summed E-state index contributed by atoms with van der Waals surface area (Å²) in [6.45, 7) is 3.88. The molecular weight excluding hydrogens is 225 g/mol. The number of hydrogen-bond donors (Lipinski definition) is 1. The third-order valence-electron chi connectivity index (χ3n) is 2.82. The second-order valence-corrected chi connectivity index (χ2v) is 5.43. The standard InChI is InChI=1S/C12H18FNOS/c1-12(13,6-10-2-5-16-9-10)7-11-8-15-4-3-14-11/h2,5,9,11,14H,3-4,6-8H2,1H3. The monoisotopic (exact) mass is 243 g/mol. The predicted octanol–water partition coefficient (Wildman–Crippen LogP) is 2.40. The van der Waals surface area contributed by atoms with Gasteiger partial charge in [0.15, 0.2) is 0 Å². The van der Waals surface area contributed by atoms with Gasteiger partial charge in [-0.1, -0.05) is 0 Å². The van der Waals surface area contributed by atoms with E-state index in [4.69, 9.17) is 4.74 Å². The summed E-state index contributed by atoms with van der Waals surface area (Å²) in [5.74, 6) is 0. The highest BCUT2D eigenvalue weighted by atomic mass is 32.1. The van der Waals surface area contributed by atoms with Crippen LogP contribution in [-0.4, -0.2) is 31.5 Å². The zero-order valence-electron chi connectivity index (χ0n) is 9.54. The number of nitrogens with one attached hydrogen (secondary N) is 1. The quantitative estimate of drug-likeness (QED) is 0.876. The summed E-state index contributed by atoms with van der Waals surface area (Å²) in [5, 5.41) is 7.30. The Bertz CT molecular complexity index is 307. The first-order valence-electron chi connectivity index (χ1n) is 5.67. The molecule has 0 aromatic carbocycles. The fraction of sp³-hybridized carbons (Fsp3) is 0.667. The van der Waals surface area contributed by atoms with Gasteiger partial charge in [0.05, 0.1) is 13.2 Å². The van der Waals surface area contributed by atoms with Gasteiger partial charge in [-0.25, -0.2) is 4.39 Å². The summed E-state index contributed by atoms with van der Waals surface area (Å²) in [6.07, 6.45) is 1.01. The van der Waals surface area contributed by atoms with Gasteiger partial charge in [-0.05, 0) is 35.7 Å². The van der Waals surface area contributed by atoms with Crippen LogP contribution in [0.25, 0.3) is 0 Å². The zero-order valence-corrected chi connectivity index (χ0v) is 10.4. The molecule has 2 rings (SSSR count). The Kier molecular flexibility index (Phi) is 3.95. The van der Waals surface area contributed by atoms with Gasteiger partial charge in [-0.3, -0.25) is 0 Å². The molecule has 2 heterocycles. The summed E-state index contributed by atoms with van der Waals surface area (Å²) >= 11 is 1.62. The fourth-order valence-electron chi connectivity index (χ4n) is 2.16. The first kappa shape index (κ1) is 12.0. The Morgan fingerprint density at radius 1 is 1.69 bits per heavy atom. The van der Waals surface area contributed by atoms with E-state index in [1.54, 1.807) is 18.3 Å². The molecule has 0 bridgehead atoms. The topological polar surface area (TPSA) is 21.3 Å². The summed E-state index contributed by atoms with van der Waals surface area (Å²) in [5.41, 5.74) is -0.0638. The highest BCUT2D eigenvalue weighted by molar-refractivity contribution is 7.07. The van der Waals surface area contributed by atoms with Crippen LogP contribution in [0.5, 0.6) is 0 Å². The SMILES string of the molecule is CC(F)(Cc1ccsc1)CC1COCCN1. The molecule has 16 heavy (non-hydrogen) atoms. The molecule has 2 nitrogen and oxygen atoms in total. The maximum atomic E-state index is 14.3. The van der Waals surface area contributed by atoms with E-state index in [1.165, 1.54) is 0 Å². The molecule has 0 aliphatic carbocycles.